The van der Waals surface area contributed by atoms with Crippen molar-refractivity contribution in [3.63, 3.8) is 0 Å². The first-order valence-corrected chi connectivity index (χ1v) is 15.3. The smallest absolute Gasteiger partial charge is 0.303 e. The zero-order chi connectivity index (χ0) is 26.7. The van der Waals surface area contributed by atoms with Crippen LogP contribution < -0.4 is 0 Å². The van der Waals surface area contributed by atoms with Crippen LogP contribution in [0.25, 0.3) is 0 Å². The molecule has 212 valence electrons. The first kappa shape index (κ1) is 34.6. The zero-order valence-corrected chi connectivity index (χ0v) is 23.6. The SMILES string of the molecule is CC(C=O)(CCCCCCCCCCCCCC(=O)O)CCCCCCCCCCCCCC(=O)O. The van der Waals surface area contributed by atoms with E-state index in [1.807, 2.05) is 0 Å². The summed E-state index contributed by atoms with van der Waals surface area (Å²) in [5.74, 6) is -1.36. The van der Waals surface area contributed by atoms with Gasteiger partial charge in [-0.25, -0.2) is 0 Å². The van der Waals surface area contributed by atoms with Gasteiger partial charge in [0.2, 0.25) is 0 Å². The Kier molecular flexibility index (Phi) is 24.3. The molecule has 0 aliphatic heterocycles. The molecule has 0 aromatic rings. The summed E-state index contributed by atoms with van der Waals surface area (Å²) in [5.41, 5.74) is -0.138. The van der Waals surface area contributed by atoms with E-state index in [1.54, 1.807) is 0 Å². The molecule has 0 amide bonds. The number of rotatable bonds is 29. The summed E-state index contributed by atoms with van der Waals surface area (Å²) in [7, 11) is 0. The van der Waals surface area contributed by atoms with E-state index in [0.717, 1.165) is 64.2 Å². The second-order valence-electron chi connectivity index (χ2n) is 11.3. The zero-order valence-electron chi connectivity index (χ0n) is 23.6. The summed E-state index contributed by atoms with van der Waals surface area (Å²) in [4.78, 5) is 32.6. The Labute approximate surface area is 222 Å². The van der Waals surface area contributed by atoms with Gasteiger partial charge in [-0.3, -0.25) is 9.59 Å². The number of unbranched alkanes of at least 4 members (excludes halogenated alkanes) is 20. The monoisotopic (exact) mass is 510 g/mol. The van der Waals surface area contributed by atoms with Crippen molar-refractivity contribution in [2.75, 3.05) is 0 Å². The lowest BCUT2D eigenvalue weighted by Crippen LogP contribution is -2.18. The van der Waals surface area contributed by atoms with Gasteiger partial charge in [-0.15, -0.1) is 0 Å². The molecule has 0 heterocycles. The van der Waals surface area contributed by atoms with Crippen molar-refractivity contribution in [3.05, 3.63) is 0 Å². The minimum absolute atomic E-state index is 0.138. The molecule has 0 aliphatic rings. The average molecular weight is 511 g/mol. The van der Waals surface area contributed by atoms with E-state index in [4.69, 9.17) is 10.2 Å². The number of aliphatic carboxylic acids is 2. The quantitative estimate of drug-likeness (QED) is 0.0772. The highest BCUT2D eigenvalue weighted by Crippen LogP contribution is 2.29. The maximum Gasteiger partial charge on any atom is 0.303 e. The van der Waals surface area contributed by atoms with Crippen LogP contribution >= 0.6 is 0 Å². The van der Waals surface area contributed by atoms with Crippen LogP contribution in [-0.4, -0.2) is 28.4 Å². The third-order valence-corrected chi connectivity index (χ3v) is 7.56. The van der Waals surface area contributed by atoms with Crippen LogP contribution in [0.1, 0.15) is 174 Å². The number of carbonyl (C=O) groups excluding carboxylic acids is 1. The van der Waals surface area contributed by atoms with E-state index < -0.39 is 11.9 Å². The minimum atomic E-state index is -0.679. The highest BCUT2D eigenvalue weighted by atomic mass is 16.4. The first-order valence-electron chi connectivity index (χ1n) is 15.3. The van der Waals surface area contributed by atoms with Gasteiger partial charge in [0.15, 0.2) is 0 Å². The van der Waals surface area contributed by atoms with E-state index in [0.29, 0.717) is 12.8 Å². The van der Waals surface area contributed by atoms with Crippen LogP contribution in [-0.2, 0) is 14.4 Å². The van der Waals surface area contributed by atoms with Crippen LogP contribution in [0.2, 0.25) is 0 Å². The fourth-order valence-electron chi connectivity index (χ4n) is 5.03. The maximum atomic E-state index is 11.7. The molecule has 36 heavy (non-hydrogen) atoms. The molecule has 0 spiro atoms. The Hall–Kier alpha value is -1.39. The van der Waals surface area contributed by atoms with E-state index >= 15 is 0 Å². The van der Waals surface area contributed by atoms with Crippen molar-refractivity contribution in [2.45, 2.75) is 174 Å². The van der Waals surface area contributed by atoms with Crippen molar-refractivity contribution >= 4 is 18.2 Å². The lowest BCUT2D eigenvalue weighted by atomic mass is 9.81. The summed E-state index contributed by atoms with van der Waals surface area (Å²) in [6, 6.07) is 0. The van der Waals surface area contributed by atoms with Crippen LogP contribution in [0.4, 0.5) is 0 Å². The third-order valence-electron chi connectivity index (χ3n) is 7.56. The van der Waals surface area contributed by atoms with E-state index in [9.17, 15) is 14.4 Å². The van der Waals surface area contributed by atoms with Crippen molar-refractivity contribution in [2.24, 2.45) is 5.41 Å². The highest BCUT2D eigenvalue weighted by molar-refractivity contribution is 5.66. The Balaban J connectivity index is 3.45. The lowest BCUT2D eigenvalue weighted by Gasteiger charge is -2.23. The molecule has 0 aromatic heterocycles. The molecular formula is C31H58O5. The number of carbonyl (C=O) groups is 3. The summed E-state index contributed by atoms with van der Waals surface area (Å²) >= 11 is 0. The van der Waals surface area contributed by atoms with Gasteiger partial charge >= 0.3 is 11.9 Å². The molecule has 0 atom stereocenters. The lowest BCUT2D eigenvalue weighted by molar-refractivity contribution is -0.138. The largest absolute Gasteiger partial charge is 0.481 e. The number of carboxylic acids is 2. The van der Waals surface area contributed by atoms with Crippen molar-refractivity contribution in [1.82, 2.24) is 0 Å². The van der Waals surface area contributed by atoms with Gasteiger partial charge in [-0.1, -0.05) is 135 Å². The predicted octanol–water partition coefficient (Wildman–Crippen LogP) is 9.50. The molecule has 0 saturated carbocycles. The standard InChI is InChI=1S/C31H58O5/c1-31(28-32,26-22-18-14-10-6-2-4-8-12-16-20-24-29(33)34)27-23-19-15-11-7-3-5-9-13-17-21-25-30(35)36/h28H,2-27H2,1H3,(H,33,34)(H,35,36). The molecule has 0 fully saturated rings. The highest BCUT2D eigenvalue weighted by Gasteiger charge is 2.22. The Morgan fingerprint density at radius 1 is 0.472 bits per heavy atom. The van der Waals surface area contributed by atoms with Gasteiger partial charge in [0.1, 0.15) is 6.29 Å². The molecule has 5 heteroatoms. The second-order valence-corrected chi connectivity index (χ2v) is 11.3. The van der Waals surface area contributed by atoms with E-state index in [-0.39, 0.29) is 5.41 Å². The van der Waals surface area contributed by atoms with Crippen LogP contribution in [0.3, 0.4) is 0 Å². The Bertz CT molecular complexity index is 491. The van der Waals surface area contributed by atoms with Gasteiger partial charge in [0, 0.05) is 18.3 Å². The van der Waals surface area contributed by atoms with E-state index in [2.05, 4.69) is 6.92 Å². The summed E-state index contributed by atoms with van der Waals surface area (Å²) in [6.07, 6.45) is 30.0. The van der Waals surface area contributed by atoms with Gasteiger partial charge in [-0.05, 0) is 25.7 Å². The minimum Gasteiger partial charge on any atom is -0.481 e. The first-order chi connectivity index (χ1) is 17.4. The predicted molar refractivity (Wildman–Crippen MR) is 149 cm³/mol. The number of carboxylic acid groups (broad SMARTS) is 2. The topological polar surface area (TPSA) is 91.7 Å². The van der Waals surface area contributed by atoms with Crippen molar-refractivity contribution in [1.29, 1.82) is 0 Å². The number of hydrogen-bond acceptors (Lipinski definition) is 3. The summed E-state index contributed by atoms with van der Waals surface area (Å²) in [6.45, 7) is 2.15. The summed E-state index contributed by atoms with van der Waals surface area (Å²) < 4.78 is 0. The molecule has 5 nitrogen and oxygen atoms in total. The molecule has 0 saturated heterocycles. The molecule has 0 bridgehead atoms. The van der Waals surface area contributed by atoms with Crippen LogP contribution in [0, 0.1) is 5.41 Å². The van der Waals surface area contributed by atoms with Gasteiger partial charge in [-0.2, -0.15) is 0 Å². The molecule has 0 rings (SSSR count). The van der Waals surface area contributed by atoms with Gasteiger partial charge in [0.25, 0.3) is 0 Å². The Morgan fingerprint density at radius 3 is 0.917 bits per heavy atom. The molecular weight excluding hydrogens is 452 g/mol. The molecule has 0 aliphatic carbocycles. The van der Waals surface area contributed by atoms with Crippen molar-refractivity contribution in [3.8, 4) is 0 Å². The molecule has 0 unspecified atom stereocenters. The maximum absolute atomic E-state index is 11.7. The average Bonchev–Trinajstić information content (AvgIpc) is 2.84. The fraction of sp³-hybridized carbons (Fsp3) is 0.903. The van der Waals surface area contributed by atoms with Crippen LogP contribution in [0.5, 0.6) is 0 Å². The third kappa shape index (κ3) is 25.7. The number of aldehydes is 1. The molecule has 0 radical (unpaired) electrons. The van der Waals surface area contributed by atoms with Crippen molar-refractivity contribution < 1.29 is 24.6 Å². The van der Waals surface area contributed by atoms with Gasteiger partial charge in [0.05, 0.1) is 0 Å². The van der Waals surface area contributed by atoms with E-state index in [1.165, 1.54) is 96.2 Å². The van der Waals surface area contributed by atoms with Gasteiger partial charge < -0.3 is 15.0 Å². The van der Waals surface area contributed by atoms with Crippen LogP contribution in [0.15, 0.2) is 0 Å². The number of hydrogen-bond donors (Lipinski definition) is 2. The second kappa shape index (κ2) is 25.3. The molecule has 2 N–H and O–H groups in total. The summed E-state index contributed by atoms with van der Waals surface area (Å²) in [5, 5.41) is 17.3. The Morgan fingerprint density at radius 2 is 0.694 bits per heavy atom. The fourth-order valence-corrected chi connectivity index (χ4v) is 5.03. The normalized spacial score (nSPS) is 11.6. The molecule has 0 aromatic carbocycles.